The number of nitrogens with one attached hydrogen (secondary N) is 2. The van der Waals surface area contributed by atoms with E-state index in [9.17, 15) is 13.2 Å². The molecular formula is C11H19ClN2O4S2. The summed E-state index contributed by atoms with van der Waals surface area (Å²) in [6.45, 7) is 3.70. The average molecular weight is 343 g/mol. The molecule has 1 aromatic heterocycles. The van der Waals surface area contributed by atoms with E-state index < -0.39 is 16.0 Å². The van der Waals surface area contributed by atoms with Gasteiger partial charge in [0.05, 0.1) is 7.11 Å². The zero-order chi connectivity index (χ0) is 14.3. The van der Waals surface area contributed by atoms with Gasteiger partial charge in [-0.3, -0.25) is 0 Å². The molecule has 0 amide bonds. The second kappa shape index (κ2) is 9.30. The summed E-state index contributed by atoms with van der Waals surface area (Å²) in [5.74, 6) is -0.639. The minimum atomic E-state index is -3.67. The first kappa shape index (κ1) is 19.3. The highest BCUT2D eigenvalue weighted by Gasteiger charge is 2.23. The van der Waals surface area contributed by atoms with Crippen LogP contribution in [0.15, 0.2) is 16.3 Å². The minimum Gasteiger partial charge on any atom is -0.465 e. The normalized spacial score (nSPS) is 10.9. The number of sulfonamides is 1. The van der Waals surface area contributed by atoms with E-state index in [4.69, 9.17) is 0 Å². The number of carbonyl (C=O) groups excluding carboxylic acids is 1. The molecule has 1 aromatic rings. The lowest BCUT2D eigenvalue weighted by Crippen LogP contribution is -2.32. The second-order valence-electron chi connectivity index (χ2n) is 3.75. The number of carbonyl (C=O) groups is 1. The number of ether oxygens (including phenoxy) is 1. The summed E-state index contributed by atoms with van der Waals surface area (Å²) in [5.41, 5.74) is 0. The Bertz CT molecular complexity index is 516. The van der Waals surface area contributed by atoms with Gasteiger partial charge in [0, 0.05) is 13.1 Å². The fraction of sp³-hybridized carbons (Fsp3) is 0.545. The van der Waals surface area contributed by atoms with Gasteiger partial charge in [0.15, 0.2) is 0 Å². The third kappa shape index (κ3) is 5.37. The molecule has 0 aromatic carbocycles. The van der Waals surface area contributed by atoms with E-state index in [2.05, 4.69) is 14.8 Å². The lowest BCUT2D eigenvalue weighted by Gasteiger charge is -2.07. The molecule has 6 nitrogen and oxygen atoms in total. The Kier molecular flexibility index (Phi) is 8.99. The molecule has 0 spiro atoms. The lowest BCUT2D eigenvalue weighted by molar-refractivity contribution is 0.0602. The smallest absolute Gasteiger partial charge is 0.349 e. The fourth-order valence-electron chi connectivity index (χ4n) is 1.40. The summed E-state index contributed by atoms with van der Waals surface area (Å²) in [6.07, 6.45) is 0.990. The van der Waals surface area contributed by atoms with Gasteiger partial charge in [-0.15, -0.1) is 23.7 Å². The number of hydrogen-bond acceptors (Lipinski definition) is 6. The summed E-state index contributed by atoms with van der Waals surface area (Å²) in [5, 5.41) is 4.64. The molecular weight excluding hydrogens is 324 g/mol. The van der Waals surface area contributed by atoms with Gasteiger partial charge in [0.25, 0.3) is 0 Å². The Morgan fingerprint density at radius 3 is 2.65 bits per heavy atom. The van der Waals surface area contributed by atoms with Crippen LogP contribution in [-0.2, 0) is 14.8 Å². The molecule has 2 N–H and O–H groups in total. The van der Waals surface area contributed by atoms with Crippen molar-refractivity contribution in [3.8, 4) is 0 Å². The van der Waals surface area contributed by atoms with Crippen LogP contribution in [0.5, 0.6) is 0 Å². The van der Waals surface area contributed by atoms with Gasteiger partial charge in [0.2, 0.25) is 10.0 Å². The van der Waals surface area contributed by atoms with Crippen LogP contribution >= 0.6 is 23.7 Å². The maximum atomic E-state index is 12.0. The molecule has 0 saturated heterocycles. The van der Waals surface area contributed by atoms with Crippen LogP contribution in [0.4, 0.5) is 0 Å². The van der Waals surface area contributed by atoms with Crippen LogP contribution in [0, 0.1) is 0 Å². The zero-order valence-corrected chi connectivity index (χ0v) is 13.8. The predicted molar refractivity (Wildman–Crippen MR) is 81.3 cm³/mol. The lowest BCUT2D eigenvalue weighted by atomic mass is 10.5. The number of hydrogen-bond donors (Lipinski definition) is 2. The zero-order valence-electron chi connectivity index (χ0n) is 11.3. The molecule has 1 rings (SSSR count). The quantitative estimate of drug-likeness (QED) is 0.548. The van der Waals surface area contributed by atoms with Crippen molar-refractivity contribution in [3.05, 3.63) is 16.3 Å². The van der Waals surface area contributed by atoms with Gasteiger partial charge in [-0.05, 0) is 24.4 Å². The summed E-state index contributed by atoms with van der Waals surface area (Å²) in [4.78, 5) is 11.5. The number of rotatable bonds is 8. The highest BCUT2D eigenvalue weighted by molar-refractivity contribution is 7.89. The highest BCUT2D eigenvalue weighted by Crippen LogP contribution is 2.22. The van der Waals surface area contributed by atoms with Crippen molar-refractivity contribution >= 4 is 39.7 Å². The van der Waals surface area contributed by atoms with Crippen molar-refractivity contribution < 1.29 is 17.9 Å². The van der Waals surface area contributed by atoms with Crippen LogP contribution in [-0.4, -0.2) is 41.1 Å². The molecule has 116 valence electrons. The van der Waals surface area contributed by atoms with E-state index >= 15 is 0 Å². The molecule has 0 aliphatic rings. The van der Waals surface area contributed by atoms with Crippen LogP contribution in [0.3, 0.4) is 0 Å². The molecule has 0 fully saturated rings. The van der Waals surface area contributed by atoms with E-state index in [1.165, 1.54) is 13.2 Å². The van der Waals surface area contributed by atoms with E-state index in [0.29, 0.717) is 6.54 Å². The van der Waals surface area contributed by atoms with Gasteiger partial charge >= 0.3 is 5.97 Å². The Labute approximate surface area is 129 Å². The predicted octanol–water partition coefficient (Wildman–Crippen LogP) is 1.23. The standard InChI is InChI=1S/C11H18N2O4S2.ClH/c1-3-5-12-6-7-13-19(15,16)9-4-8-18-10(9)11(14)17-2;/h4,8,12-13H,3,5-7H2,1-2H3;1H. The van der Waals surface area contributed by atoms with Gasteiger partial charge in [-0.2, -0.15) is 0 Å². The van der Waals surface area contributed by atoms with Crippen molar-refractivity contribution in [2.75, 3.05) is 26.7 Å². The first-order valence-corrected chi connectivity index (χ1v) is 8.25. The van der Waals surface area contributed by atoms with Gasteiger partial charge in [-0.1, -0.05) is 6.92 Å². The van der Waals surface area contributed by atoms with Crippen molar-refractivity contribution in [2.24, 2.45) is 0 Å². The summed E-state index contributed by atoms with van der Waals surface area (Å²) in [7, 11) is -2.45. The number of esters is 1. The van der Waals surface area contributed by atoms with Crippen LogP contribution in [0.2, 0.25) is 0 Å². The van der Waals surface area contributed by atoms with Crippen LogP contribution < -0.4 is 10.0 Å². The maximum absolute atomic E-state index is 12.0. The molecule has 0 aliphatic carbocycles. The second-order valence-corrected chi connectivity index (χ2v) is 6.40. The van der Waals surface area contributed by atoms with E-state index in [0.717, 1.165) is 24.3 Å². The number of thiophene rings is 1. The molecule has 0 atom stereocenters. The molecule has 0 saturated carbocycles. The first-order chi connectivity index (χ1) is 9.03. The molecule has 0 radical (unpaired) electrons. The fourth-order valence-corrected chi connectivity index (χ4v) is 3.77. The Morgan fingerprint density at radius 2 is 2.05 bits per heavy atom. The Hall–Kier alpha value is -0.670. The number of halogens is 1. The molecule has 9 heteroatoms. The SMILES string of the molecule is CCCNCCNS(=O)(=O)c1ccsc1C(=O)OC.Cl. The van der Waals surface area contributed by atoms with Crippen LogP contribution in [0.25, 0.3) is 0 Å². The molecule has 0 unspecified atom stereocenters. The Morgan fingerprint density at radius 1 is 1.35 bits per heavy atom. The summed E-state index contributed by atoms with van der Waals surface area (Å²) in [6, 6.07) is 1.40. The van der Waals surface area contributed by atoms with Crippen molar-refractivity contribution in [1.29, 1.82) is 0 Å². The monoisotopic (exact) mass is 342 g/mol. The average Bonchev–Trinajstić information content (AvgIpc) is 2.87. The van der Waals surface area contributed by atoms with Crippen molar-refractivity contribution in [2.45, 2.75) is 18.2 Å². The molecule has 0 aliphatic heterocycles. The molecule has 0 bridgehead atoms. The van der Waals surface area contributed by atoms with Gasteiger partial charge in [0.1, 0.15) is 9.77 Å². The largest absolute Gasteiger partial charge is 0.465 e. The summed E-state index contributed by atoms with van der Waals surface area (Å²) < 4.78 is 31.1. The van der Waals surface area contributed by atoms with Crippen molar-refractivity contribution in [1.82, 2.24) is 10.0 Å². The highest BCUT2D eigenvalue weighted by atomic mass is 35.5. The maximum Gasteiger partial charge on any atom is 0.349 e. The third-order valence-corrected chi connectivity index (χ3v) is 4.84. The van der Waals surface area contributed by atoms with E-state index in [1.807, 2.05) is 6.92 Å². The molecule has 1 heterocycles. The first-order valence-electron chi connectivity index (χ1n) is 5.89. The summed E-state index contributed by atoms with van der Waals surface area (Å²) >= 11 is 1.05. The number of methoxy groups -OCH3 is 1. The van der Waals surface area contributed by atoms with E-state index in [-0.39, 0.29) is 28.7 Å². The topological polar surface area (TPSA) is 84.5 Å². The minimum absolute atomic E-state index is 0. The van der Waals surface area contributed by atoms with Gasteiger partial charge < -0.3 is 10.1 Å². The Balaban J connectivity index is 0.00000361. The van der Waals surface area contributed by atoms with Crippen LogP contribution in [0.1, 0.15) is 23.0 Å². The van der Waals surface area contributed by atoms with E-state index in [1.54, 1.807) is 5.38 Å². The third-order valence-electron chi connectivity index (χ3n) is 2.31. The van der Waals surface area contributed by atoms with Crippen molar-refractivity contribution in [3.63, 3.8) is 0 Å². The van der Waals surface area contributed by atoms with Gasteiger partial charge in [-0.25, -0.2) is 17.9 Å². The molecule has 20 heavy (non-hydrogen) atoms.